The Kier molecular flexibility index (Phi) is 3.74. The van der Waals surface area contributed by atoms with Crippen LogP contribution in [0.3, 0.4) is 0 Å². The zero-order chi connectivity index (χ0) is 21.4. The Balaban J connectivity index is 1.17. The minimum Gasteiger partial charge on any atom is -0.272 e. The molecule has 1 amide bonds. The van der Waals surface area contributed by atoms with Crippen molar-refractivity contribution in [2.45, 2.75) is 45.2 Å². The maximum Gasteiger partial charge on any atom is 0.249 e. The molecule has 1 atom stereocenters. The fourth-order valence-electron chi connectivity index (χ4n) is 5.95. The first-order valence-electron chi connectivity index (χ1n) is 10.6. The van der Waals surface area contributed by atoms with E-state index >= 15 is 0 Å². The van der Waals surface area contributed by atoms with Crippen LogP contribution >= 0.6 is 0 Å². The number of aromatic nitrogens is 2. The van der Waals surface area contributed by atoms with E-state index in [4.69, 9.17) is 5.10 Å². The standard InChI is InChI=1S/C24H22F2N4O/c1-15-3-2-4-20-19(15)10-29(28-20)14-23-11-24(12-23,13-23)22(31)30-21(5-6-27-30)16-7-17(25)9-18(26)8-16/h2-4,6-10,21H,5,11-14H2,1H3. The summed E-state index contributed by atoms with van der Waals surface area (Å²) in [7, 11) is 0. The van der Waals surface area contributed by atoms with E-state index in [0.717, 1.165) is 42.8 Å². The van der Waals surface area contributed by atoms with E-state index in [1.807, 2.05) is 16.8 Å². The van der Waals surface area contributed by atoms with Crippen molar-refractivity contribution in [1.29, 1.82) is 0 Å². The molecule has 0 radical (unpaired) electrons. The van der Waals surface area contributed by atoms with E-state index in [9.17, 15) is 13.6 Å². The SMILES string of the molecule is Cc1cccc2nn(CC34CC(C(=O)N5N=CCC5c5cc(F)cc(F)c5)(C3)C4)cc12. The number of halogens is 2. The number of aryl methyl sites for hydroxylation is 1. The van der Waals surface area contributed by atoms with Gasteiger partial charge in [0, 0.05) is 36.8 Å². The Labute approximate surface area is 178 Å². The van der Waals surface area contributed by atoms with Gasteiger partial charge in [0.15, 0.2) is 0 Å². The van der Waals surface area contributed by atoms with Gasteiger partial charge < -0.3 is 0 Å². The molecule has 4 aliphatic rings. The molecular weight excluding hydrogens is 398 g/mol. The second-order valence-electron chi connectivity index (χ2n) is 9.55. The molecule has 2 aromatic carbocycles. The summed E-state index contributed by atoms with van der Waals surface area (Å²) in [5.41, 5.74) is 2.36. The first-order valence-corrected chi connectivity index (χ1v) is 10.6. The van der Waals surface area contributed by atoms with Crippen molar-refractivity contribution in [2.24, 2.45) is 15.9 Å². The molecule has 7 rings (SSSR count). The summed E-state index contributed by atoms with van der Waals surface area (Å²) in [4.78, 5) is 13.3. The van der Waals surface area contributed by atoms with Crippen LogP contribution < -0.4 is 0 Å². The lowest BCUT2D eigenvalue weighted by Crippen LogP contribution is -2.68. The number of carbonyl (C=O) groups excluding carboxylic acids is 1. The zero-order valence-electron chi connectivity index (χ0n) is 17.2. The molecular formula is C24H22F2N4O. The molecule has 7 heteroatoms. The topological polar surface area (TPSA) is 50.5 Å². The highest BCUT2D eigenvalue weighted by molar-refractivity contribution is 5.88. The molecule has 0 N–H and O–H groups in total. The molecule has 1 unspecified atom stereocenters. The van der Waals surface area contributed by atoms with E-state index in [1.165, 1.54) is 22.7 Å². The number of hydrogen-bond donors (Lipinski definition) is 0. The third-order valence-electron chi connectivity index (χ3n) is 7.21. The number of hydrazone groups is 1. The largest absolute Gasteiger partial charge is 0.272 e. The predicted molar refractivity (Wildman–Crippen MR) is 112 cm³/mol. The highest BCUT2D eigenvalue weighted by Gasteiger charge is 2.72. The average Bonchev–Trinajstić information content (AvgIpc) is 3.29. The average molecular weight is 420 g/mol. The molecule has 5 nitrogen and oxygen atoms in total. The summed E-state index contributed by atoms with van der Waals surface area (Å²) >= 11 is 0. The molecule has 3 aromatic rings. The minimum atomic E-state index is -0.638. The first kappa shape index (κ1) is 18.7. The number of rotatable bonds is 4. The molecule has 0 saturated heterocycles. The van der Waals surface area contributed by atoms with Gasteiger partial charge in [-0.15, -0.1) is 0 Å². The minimum absolute atomic E-state index is 0.0285. The molecule has 3 fully saturated rings. The number of fused-ring (bicyclic) bond motifs is 1. The van der Waals surface area contributed by atoms with Crippen LogP contribution in [0.1, 0.15) is 42.9 Å². The van der Waals surface area contributed by atoms with Gasteiger partial charge >= 0.3 is 0 Å². The lowest BCUT2D eigenvalue weighted by molar-refractivity contribution is -0.223. The summed E-state index contributed by atoms with van der Waals surface area (Å²) in [5.74, 6) is -1.31. The number of carbonyl (C=O) groups is 1. The second-order valence-corrected chi connectivity index (χ2v) is 9.55. The predicted octanol–water partition coefficient (Wildman–Crippen LogP) is 4.75. The fourth-order valence-corrected chi connectivity index (χ4v) is 5.95. The van der Waals surface area contributed by atoms with Crippen LogP contribution in [0.15, 0.2) is 47.7 Å². The number of amides is 1. The second kappa shape index (κ2) is 6.22. The Bertz CT molecular complexity index is 1220. The van der Waals surface area contributed by atoms with Gasteiger partial charge in [-0.05, 0) is 60.9 Å². The van der Waals surface area contributed by atoms with Crippen molar-refractivity contribution in [2.75, 3.05) is 0 Å². The maximum atomic E-state index is 13.7. The lowest BCUT2D eigenvalue weighted by atomic mass is 9.34. The summed E-state index contributed by atoms with van der Waals surface area (Å²) in [5, 5.41) is 11.6. The molecule has 2 bridgehead atoms. The highest BCUT2D eigenvalue weighted by Crippen LogP contribution is 2.74. The summed E-state index contributed by atoms with van der Waals surface area (Å²) in [6.07, 6.45) is 6.65. The Hall–Kier alpha value is -3.09. The van der Waals surface area contributed by atoms with Gasteiger partial charge in [0.25, 0.3) is 0 Å². The Morgan fingerprint density at radius 1 is 1.16 bits per heavy atom. The maximum absolute atomic E-state index is 13.7. The molecule has 1 aliphatic heterocycles. The first-order chi connectivity index (χ1) is 14.9. The quantitative estimate of drug-likeness (QED) is 0.612. The molecule has 0 spiro atoms. The summed E-state index contributed by atoms with van der Waals surface area (Å²) < 4.78 is 29.4. The van der Waals surface area contributed by atoms with Gasteiger partial charge in [0.05, 0.1) is 17.0 Å². The van der Waals surface area contributed by atoms with Gasteiger partial charge in [-0.25, -0.2) is 13.8 Å². The molecule has 2 heterocycles. The van der Waals surface area contributed by atoms with Crippen molar-refractivity contribution in [1.82, 2.24) is 14.8 Å². The van der Waals surface area contributed by atoms with Gasteiger partial charge in [-0.3, -0.25) is 9.48 Å². The monoisotopic (exact) mass is 420 g/mol. The van der Waals surface area contributed by atoms with E-state index in [-0.39, 0.29) is 11.3 Å². The van der Waals surface area contributed by atoms with Crippen molar-refractivity contribution in [3.05, 3.63) is 65.4 Å². The van der Waals surface area contributed by atoms with E-state index in [1.54, 1.807) is 6.21 Å². The highest BCUT2D eigenvalue weighted by atomic mass is 19.1. The molecule has 1 aromatic heterocycles. The van der Waals surface area contributed by atoms with Crippen molar-refractivity contribution in [3.8, 4) is 0 Å². The summed E-state index contributed by atoms with van der Waals surface area (Å²) in [6, 6.07) is 9.10. The smallest absolute Gasteiger partial charge is 0.249 e. The van der Waals surface area contributed by atoms with Crippen LogP contribution in [-0.2, 0) is 11.3 Å². The third kappa shape index (κ3) is 2.75. The van der Waals surface area contributed by atoms with Gasteiger partial charge in [0.1, 0.15) is 11.6 Å². The van der Waals surface area contributed by atoms with Gasteiger partial charge in [-0.1, -0.05) is 12.1 Å². The van der Waals surface area contributed by atoms with Crippen molar-refractivity contribution in [3.63, 3.8) is 0 Å². The van der Waals surface area contributed by atoms with E-state index < -0.39 is 23.1 Å². The van der Waals surface area contributed by atoms with Crippen LogP contribution in [0.5, 0.6) is 0 Å². The van der Waals surface area contributed by atoms with E-state index in [2.05, 4.69) is 24.3 Å². The molecule has 3 saturated carbocycles. The zero-order valence-corrected chi connectivity index (χ0v) is 17.2. The summed E-state index contributed by atoms with van der Waals surface area (Å²) in [6.45, 7) is 2.89. The van der Waals surface area contributed by atoms with Crippen molar-refractivity contribution < 1.29 is 13.6 Å². The van der Waals surface area contributed by atoms with Crippen LogP contribution in [0.4, 0.5) is 8.78 Å². The van der Waals surface area contributed by atoms with Gasteiger partial charge in [0.2, 0.25) is 5.91 Å². The number of hydrogen-bond acceptors (Lipinski definition) is 3. The Morgan fingerprint density at radius 2 is 1.90 bits per heavy atom. The van der Waals surface area contributed by atoms with E-state index in [0.29, 0.717) is 12.0 Å². The van der Waals surface area contributed by atoms with Crippen molar-refractivity contribution >= 4 is 23.0 Å². The van der Waals surface area contributed by atoms with Crippen LogP contribution in [0.2, 0.25) is 0 Å². The number of nitrogens with zero attached hydrogens (tertiary/aromatic N) is 4. The molecule has 3 aliphatic carbocycles. The number of benzene rings is 2. The lowest BCUT2D eigenvalue weighted by Gasteiger charge is -2.69. The molecule has 31 heavy (non-hydrogen) atoms. The fraction of sp³-hybridized carbons (Fsp3) is 0.375. The van der Waals surface area contributed by atoms with Crippen LogP contribution in [0.25, 0.3) is 10.9 Å². The van der Waals surface area contributed by atoms with Gasteiger partial charge in [-0.2, -0.15) is 10.2 Å². The van der Waals surface area contributed by atoms with Crippen LogP contribution in [-0.4, -0.2) is 26.9 Å². The Morgan fingerprint density at radius 3 is 2.61 bits per heavy atom. The third-order valence-corrected chi connectivity index (χ3v) is 7.21. The molecule has 158 valence electrons. The van der Waals surface area contributed by atoms with Crippen LogP contribution in [0, 0.1) is 29.4 Å². The normalized spacial score (nSPS) is 28.6.